The van der Waals surface area contributed by atoms with Crippen molar-refractivity contribution in [2.75, 3.05) is 6.61 Å². The second kappa shape index (κ2) is 8.03. The number of benzene rings is 2. The smallest absolute Gasteiger partial charge is 0.338 e. The van der Waals surface area contributed by atoms with Crippen LogP contribution in [0.15, 0.2) is 36.4 Å². The van der Waals surface area contributed by atoms with Crippen molar-refractivity contribution in [1.82, 2.24) is 0 Å². The number of hydrogen-bond donors (Lipinski definition) is 0. The van der Waals surface area contributed by atoms with Crippen LogP contribution >= 0.6 is 23.2 Å². The Bertz CT molecular complexity index is 876. The van der Waals surface area contributed by atoms with Gasteiger partial charge < -0.3 is 8.92 Å². The molecule has 0 bridgehead atoms. The van der Waals surface area contributed by atoms with E-state index in [-0.39, 0.29) is 33.5 Å². The van der Waals surface area contributed by atoms with Gasteiger partial charge in [-0.2, -0.15) is 8.42 Å². The Morgan fingerprint density at radius 1 is 1.16 bits per heavy atom. The lowest BCUT2D eigenvalue weighted by Gasteiger charge is -2.11. The molecule has 2 rings (SSSR count). The van der Waals surface area contributed by atoms with Crippen LogP contribution in [0, 0.1) is 5.82 Å². The van der Waals surface area contributed by atoms with E-state index in [0.29, 0.717) is 0 Å². The summed E-state index contributed by atoms with van der Waals surface area (Å²) < 4.78 is 47.2. The van der Waals surface area contributed by atoms with Crippen LogP contribution in [0.25, 0.3) is 0 Å². The van der Waals surface area contributed by atoms with Crippen LogP contribution in [0.5, 0.6) is 5.75 Å². The van der Waals surface area contributed by atoms with E-state index in [9.17, 15) is 17.6 Å². The van der Waals surface area contributed by atoms with Gasteiger partial charge in [-0.1, -0.05) is 35.3 Å². The van der Waals surface area contributed by atoms with Gasteiger partial charge in [-0.05, 0) is 36.8 Å². The third-order valence-corrected chi connectivity index (χ3v) is 4.62. The molecular weight excluding hydrogens is 394 g/mol. The first-order chi connectivity index (χ1) is 11.7. The molecular formula is C16H13Cl2FO5S. The van der Waals surface area contributed by atoms with E-state index in [4.69, 9.17) is 32.1 Å². The molecule has 0 aliphatic heterocycles. The van der Waals surface area contributed by atoms with Gasteiger partial charge in [-0.3, -0.25) is 0 Å². The van der Waals surface area contributed by atoms with E-state index in [1.54, 1.807) is 6.92 Å². The molecule has 0 spiro atoms. The summed E-state index contributed by atoms with van der Waals surface area (Å²) in [6.07, 6.45) is 0. The number of carbonyl (C=O) groups excluding carboxylic acids is 1. The van der Waals surface area contributed by atoms with Gasteiger partial charge in [-0.25, -0.2) is 9.18 Å². The molecule has 0 N–H and O–H groups in total. The van der Waals surface area contributed by atoms with Gasteiger partial charge in [0.25, 0.3) is 0 Å². The van der Waals surface area contributed by atoms with Crippen molar-refractivity contribution in [3.63, 3.8) is 0 Å². The molecule has 2 aromatic rings. The number of carbonyl (C=O) groups is 1. The number of esters is 1. The molecule has 2 aromatic carbocycles. The third kappa shape index (κ3) is 5.32. The second-order valence-electron chi connectivity index (χ2n) is 4.90. The van der Waals surface area contributed by atoms with Crippen LogP contribution in [-0.2, 0) is 20.6 Å². The largest absolute Gasteiger partial charge is 0.462 e. The fraction of sp³-hybridized carbons (Fsp3) is 0.188. The lowest BCUT2D eigenvalue weighted by Crippen LogP contribution is -2.13. The second-order valence-corrected chi connectivity index (χ2v) is 7.29. The topological polar surface area (TPSA) is 69.7 Å². The number of halogens is 3. The standard InChI is InChI=1S/C16H13Cl2FO5S/c1-2-23-16(20)11-7-13(17)15(14(18)8-11)24-25(21,22)9-10-4-3-5-12(19)6-10/h3-8H,2,9H2,1H3. The van der Waals surface area contributed by atoms with Crippen molar-refractivity contribution in [1.29, 1.82) is 0 Å². The van der Waals surface area contributed by atoms with Crippen molar-refractivity contribution in [3.05, 3.63) is 63.4 Å². The summed E-state index contributed by atoms with van der Waals surface area (Å²) in [7, 11) is -4.14. The van der Waals surface area contributed by atoms with E-state index in [1.165, 1.54) is 30.3 Å². The first-order valence-electron chi connectivity index (χ1n) is 7.04. The average molecular weight is 407 g/mol. The van der Waals surface area contributed by atoms with Gasteiger partial charge in [-0.15, -0.1) is 0 Å². The van der Waals surface area contributed by atoms with Crippen LogP contribution in [0.2, 0.25) is 10.0 Å². The summed E-state index contributed by atoms with van der Waals surface area (Å²) in [5.74, 6) is -2.10. The predicted molar refractivity (Wildman–Crippen MR) is 92.1 cm³/mol. The van der Waals surface area contributed by atoms with Crippen LogP contribution < -0.4 is 4.18 Å². The number of hydrogen-bond acceptors (Lipinski definition) is 5. The normalized spacial score (nSPS) is 11.2. The summed E-state index contributed by atoms with van der Waals surface area (Å²) in [5.41, 5.74) is 0.266. The molecule has 0 saturated carbocycles. The van der Waals surface area contributed by atoms with Crippen LogP contribution in [0.4, 0.5) is 4.39 Å². The van der Waals surface area contributed by atoms with Gasteiger partial charge in [0, 0.05) is 0 Å². The van der Waals surface area contributed by atoms with Crippen LogP contribution in [0.1, 0.15) is 22.8 Å². The van der Waals surface area contributed by atoms with Crippen molar-refractivity contribution < 1.29 is 26.5 Å². The fourth-order valence-corrected chi connectivity index (χ4v) is 3.70. The zero-order valence-corrected chi connectivity index (χ0v) is 15.3. The van der Waals surface area contributed by atoms with Crippen molar-refractivity contribution in [3.8, 4) is 5.75 Å². The van der Waals surface area contributed by atoms with E-state index >= 15 is 0 Å². The highest BCUT2D eigenvalue weighted by Gasteiger charge is 2.21. The minimum atomic E-state index is -4.14. The van der Waals surface area contributed by atoms with E-state index < -0.39 is 27.7 Å². The molecule has 0 aliphatic rings. The maximum Gasteiger partial charge on any atom is 0.338 e. The molecule has 0 radical (unpaired) electrons. The molecule has 0 amide bonds. The molecule has 25 heavy (non-hydrogen) atoms. The summed E-state index contributed by atoms with van der Waals surface area (Å²) in [6, 6.07) is 7.48. The van der Waals surface area contributed by atoms with Crippen molar-refractivity contribution in [2.45, 2.75) is 12.7 Å². The Balaban J connectivity index is 2.25. The summed E-state index contributed by atoms with van der Waals surface area (Å²) >= 11 is 11.9. The maximum absolute atomic E-state index is 13.2. The number of rotatable bonds is 6. The SMILES string of the molecule is CCOC(=O)c1cc(Cl)c(OS(=O)(=O)Cc2cccc(F)c2)c(Cl)c1. The van der Waals surface area contributed by atoms with E-state index in [1.807, 2.05) is 0 Å². The van der Waals surface area contributed by atoms with Crippen molar-refractivity contribution in [2.24, 2.45) is 0 Å². The van der Waals surface area contributed by atoms with Gasteiger partial charge in [0.2, 0.25) is 0 Å². The summed E-state index contributed by atoms with van der Waals surface area (Å²) in [4.78, 5) is 11.7. The molecule has 0 unspecified atom stereocenters. The molecule has 0 atom stereocenters. The van der Waals surface area contributed by atoms with Gasteiger partial charge in [0.1, 0.15) is 11.6 Å². The predicted octanol–water partition coefficient (Wildman–Crippen LogP) is 4.22. The van der Waals surface area contributed by atoms with Crippen LogP contribution in [-0.4, -0.2) is 21.0 Å². The molecule has 134 valence electrons. The number of ether oxygens (including phenoxy) is 1. The Morgan fingerprint density at radius 2 is 1.80 bits per heavy atom. The van der Waals surface area contributed by atoms with E-state index in [2.05, 4.69) is 0 Å². The molecule has 0 saturated heterocycles. The van der Waals surface area contributed by atoms with Crippen LogP contribution in [0.3, 0.4) is 0 Å². The Hall–Kier alpha value is -1.83. The van der Waals surface area contributed by atoms with Crippen molar-refractivity contribution >= 4 is 39.3 Å². The minimum absolute atomic E-state index is 0.0618. The molecule has 0 aromatic heterocycles. The monoisotopic (exact) mass is 406 g/mol. The fourth-order valence-electron chi connectivity index (χ4n) is 1.96. The van der Waals surface area contributed by atoms with Gasteiger partial charge in [0.05, 0.1) is 22.2 Å². The lowest BCUT2D eigenvalue weighted by atomic mass is 10.2. The summed E-state index contributed by atoms with van der Waals surface area (Å²) in [6.45, 7) is 1.80. The van der Waals surface area contributed by atoms with Gasteiger partial charge >= 0.3 is 16.1 Å². The third-order valence-electron chi connectivity index (χ3n) is 2.95. The maximum atomic E-state index is 13.2. The Labute approximate surface area is 154 Å². The Morgan fingerprint density at radius 3 is 2.36 bits per heavy atom. The minimum Gasteiger partial charge on any atom is -0.462 e. The zero-order chi connectivity index (χ0) is 18.6. The highest BCUT2D eigenvalue weighted by molar-refractivity contribution is 7.86. The molecule has 0 heterocycles. The molecule has 5 nitrogen and oxygen atoms in total. The first-order valence-corrected chi connectivity index (χ1v) is 9.38. The average Bonchev–Trinajstić information content (AvgIpc) is 2.50. The first kappa shape index (κ1) is 19.5. The molecule has 0 fully saturated rings. The van der Waals surface area contributed by atoms with E-state index in [0.717, 1.165) is 6.07 Å². The lowest BCUT2D eigenvalue weighted by molar-refractivity contribution is 0.0526. The molecule has 0 aliphatic carbocycles. The summed E-state index contributed by atoms with van der Waals surface area (Å²) in [5, 5.41) is -0.336. The highest BCUT2D eigenvalue weighted by atomic mass is 35.5. The Kier molecular flexibility index (Phi) is 6.26. The highest BCUT2D eigenvalue weighted by Crippen LogP contribution is 2.35. The molecule has 9 heteroatoms. The van der Waals surface area contributed by atoms with Gasteiger partial charge in [0.15, 0.2) is 5.75 Å². The quantitative estimate of drug-likeness (QED) is 0.530. The zero-order valence-electron chi connectivity index (χ0n) is 13.0.